The number of rotatable bonds is 2. The van der Waals surface area contributed by atoms with Crippen LogP contribution < -0.4 is 5.32 Å². The van der Waals surface area contributed by atoms with Crippen LogP contribution in [-0.4, -0.2) is 22.6 Å². The van der Waals surface area contributed by atoms with Crippen LogP contribution in [0.4, 0.5) is 4.39 Å². The molecule has 1 aromatic heterocycles. The van der Waals surface area contributed by atoms with E-state index >= 15 is 0 Å². The summed E-state index contributed by atoms with van der Waals surface area (Å²) in [6.07, 6.45) is 3.00. The summed E-state index contributed by atoms with van der Waals surface area (Å²) < 4.78 is 15.2. The molecule has 1 atom stereocenters. The first-order chi connectivity index (χ1) is 7.83. The first-order valence-corrected chi connectivity index (χ1v) is 5.64. The summed E-state index contributed by atoms with van der Waals surface area (Å²) in [4.78, 5) is 4.28. The predicted molar refractivity (Wildman–Crippen MR) is 60.7 cm³/mol. The van der Waals surface area contributed by atoms with Gasteiger partial charge in [-0.25, -0.2) is 9.37 Å². The second-order valence-electron chi connectivity index (χ2n) is 4.39. The van der Waals surface area contributed by atoms with Gasteiger partial charge in [-0.15, -0.1) is 0 Å². The van der Waals surface area contributed by atoms with Crippen LogP contribution in [0, 0.1) is 11.7 Å². The van der Waals surface area contributed by atoms with Gasteiger partial charge in [0.15, 0.2) is 0 Å². The van der Waals surface area contributed by atoms with Crippen molar-refractivity contribution in [3.63, 3.8) is 0 Å². The van der Waals surface area contributed by atoms with Crippen LogP contribution in [0.1, 0.15) is 6.42 Å². The van der Waals surface area contributed by atoms with Crippen molar-refractivity contribution < 1.29 is 4.39 Å². The molecule has 0 aliphatic carbocycles. The Kier molecular flexibility index (Phi) is 2.36. The number of halogens is 1. The molecule has 1 N–H and O–H groups in total. The largest absolute Gasteiger partial charge is 0.330 e. The van der Waals surface area contributed by atoms with Crippen LogP contribution >= 0.6 is 0 Å². The lowest BCUT2D eigenvalue weighted by Crippen LogP contribution is -2.13. The molecule has 0 radical (unpaired) electrons. The standard InChI is InChI=1S/C12H14FN3/c13-10-1-2-11-12(5-10)16(8-15-11)7-9-3-4-14-6-9/h1-2,5,8-9,14H,3-4,6-7H2. The predicted octanol–water partition coefficient (Wildman–Crippen LogP) is 1.78. The molecule has 1 aromatic carbocycles. The maximum atomic E-state index is 13.2. The van der Waals surface area contributed by atoms with E-state index < -0.39 is 0 Å². The van der Waals surface area contributed by atoms with Crippen LogP contribution in [0.5, 0.6) is 0 Å². The minimum Gasteiger partial charge on any atom is -0.330 e. The molecular weight excluding hydrogens is 205 g/mol. The van der Waals surface area contributed by atoms with Crippen molar-refractivity contribution in [1.82, 2.24) is 14.9 Å². The summed E-state index contributed by atoms with van der Waals surface area (Å²) in [5.41, 5.74) is 1.76. The summed E-state index contributed by atoms with van der Waals surface area (Å²) in [6, 6.07) is 4.75. The van der Waals surface area contributed by atoms with Gasteiger partial charge < -0.3 is 9.88 Å². The van der Waals surface area contributed by atoms with E-state index in [4.69, 9.17) is 0 Å². The van der Waals surface area contributed by atoms with E-state index in [1.165, 1.54) is 12.5 Å². The van der Waals surface area contributed by atoms with Gasteiger partial charge in [0.05, 0.1) is 17.4 Å². The van der Waals surface area contributed by atoms with Crippen molar-refractivity contribution in [3.05, 3.63) is 30.3 Å². The molecule has 0 spiro atoms. The monoisotopic (exact) mass is 219 g/mol. The molecule has 1 unspecified atom stereocenters. The number of benzene rings is 1. The Morgan fingerprint density at radius 1 is 1.50 bits per heavy atom. The van der Waals surface area contributed by atoms with Crippen molar-refractivity contribution in [3.8, 4) is 0 Å². The summed E-state index contributed by atoms with van der Waals surface area (Å²) in [6.45, 7) is 3.06. The fourth-order valence-electron chi connectivity index (χ4n) is 2.32. The first kappa shape index (κ1) is 9.78. The fourth-order valence-corrected chi connectivity index (χ4v) is 2.32. The average Bonchev–Trinajstić information content (AvgIpc) is 2.90. The maximum absolute atomic E-state index is 13.2. The van der Waals surface area contributed by atoms with Crippen molar-refractivity contribution in [1.29, 1.82) is 0 Å². The van der Waals surface area contributed by atoms with Gasteiger partial charge in [0.25, 0.3) is 0 Å². The highest BCUT2D eigenvalue weighted by Gasteiger charge is 2.16. The molecular formula is C12H14FN3. The number of imidazole rings is 1. The number of hydrogen-bond acceptors (Lipinski definition) is 2. The Labute approximate surface area is 93.3 Å². The molecule has 1 saturated heterocycles. The van der Waals surface area contributed by atoms with Crippen LogP contribution in [0.15, 0.2) is 24.5 Å². The van der Waals surface area contributed by atoms with Gasteiger partial charge in [-0.05, 0) is 43.6 Å². The molecule has 1 aliphatic rings. The summed E-state index contributed by atoms with van der Waals surface area (Å²) in [7, 11) is 0. The first-order valence-electron chi connectivity index (χ1n) is 5.64. The summed E-state index contributed by atoms with van der Waals surface area (Å²) in [5.74, 6) is 0.444. The van der Waals surface area contributed by atoms with Gasteiger partial charge in [0, 0.05) is 6.54 Å². The normalized spacial score (nSPS) is 20.7. The number of aromatic nitrogens is 2. The average molecular weight is 219 g/mol. The molecule has 0 saturated carbocycles. The summed E-state index contributed by atoms with van der Waals surface area (Å²) in [5, 5.41) is 3.34. The Hall–Kier alpha value is -1.42. The van der Waals surface area contributed by atoms with E-state index in [9.17, 15) is 4.39 Å². The molecule has 1 aliphatic heterocycles. The van der Waals surface area contributed by atoms with Crippen LogP contribution in [0.25, 0.3) is 11.0 Å². The highest BCUT2D eigenvalue weighted by atomic mass is 19.1. The zero-order valence-corrected chi connectivity index (χ0v) is 8.99. The van der Waals surface area contributed by atoms with E-state index in [0.29, 0.717) is 5.92 Å². The van der Waals surface area contributed by atoms with E-state index in [-0.39, 0.29) is 5.82 Å². The van der Waals surface area contributed by atoms with Crippen molar-refractivity contribution >= 4 is 11.0 Å². The van der Waals surface area contributed by atoms with Crippen molar-refractivity contribution in [2.24, 2.45) is 5.92 Å². The topological polar surface area (TPSA) is 29.9 Å². The molecule has 0 bridgehead atoms. The van der Waals surface area contributed by atoms with Crippen molar-refractivity contribution in [2.75, 3.05) is 13.1 Å². The van der Waals surface area contributed by atoms with E-state index in [1.807, 2.05) is 6.33 Å². The molecule has 84 valence electrons. The van der Waals surface area contributed by atoms with E-state index in [2.05, 4.69) is 14.9 Å². The number of nitrogens with zero attached hydrogens (tertiary/aromatic N) is 2. The fraction of sp³-hybridized carbons (Fsp3) is 0.417. The van der Waals surface area contributed by atoms with Crippen LogP contribution in [0.2, 0.25) is 0 Å². The zero-order valence-electron chi connectivity index (χ0n) is 8.99. The quantitative estimate of drug-likeness (QED) is 0.834. The SMILES string of the molecule is Fc1ccc2ncn(CC3CCNC3)c2c1. The van der Waals surface area contributed by atoms with E-state index in [1.54, 1.807) is 12.1 Å². The Balaban J connectivity index is 1.93. The minimum absolute atomic E-state index is 0.196. The van der Waals surface area contributed by atoms with Gasteiger partial charge in [0.1, 0.15) is 5.82 Å². The second-order valence-corrected chi connectivity index (χ2v) is 4.39. The Morgan fingerprint density at radius 2 is 2.44 bits per heavy atom. The third-order valence-corrected chi connectivity index (χ3v) is 3.20. The van der Waals surface area contributed by atoms with E-state index in [0.717, 1.165) is 30.7 Å². The summed E-state index contributed by atoms with van der Waals surface area (Å²) >= 11 is 0. The third-order valence-electron chi connectivity index (χ3n) is 3.20. The highest BCUT2D eigenvalue weighted by molar-refractivity contribution is 5.75. The Bertz CT molecular complexity index is 500. The number of hydrogen-bond donors (Lipinski definition) is 1. The second kappa shape index (κ2) is 3.87. The molecule has 16 heavy (non-hydrogen) atoms. The lowest BCUT2D eigenvalue weighted by atomic mass is 10.1. The van der Waals surface area contributed by atoms with Gasteiger partial charge in [-0.2, -0.15) is 0 Å². The van der Waals surface area contributed by atoms with Gasteiger partial charge in [0.2, 0.25) is 0 Å². The zero-order chi connectivity index (χ0) is 11.0. The smallest absolute Gasteiger partial charge is 0.125 e. The van der Waals surface area contributed by atoms with Gasteiger partial charge in [-0.1, -0.05) is 0 Å². The van der Waals surface area contributed by atoms with Crippen molar-refractivity contribution in [2.45, 2.75) is 13.0 Å². The number of nitrogens with one attached hydrogen (secondary N) is 1. The molecule has 3 rings (SSSR count). The van der Waals surface area contributed by atoms with Crippen LogP contribution in [0.3, 0.4) is 0 Å². The molecule has 4 heteroatoms. The molecule has 2 heterocycles. The molecule has 0 amide bonds. The number of fused-ring (bicyclic) bond motifs is 1. The Morgan fingerprint density at radius 3 is 3.25 bits per heavy atom. The third kappa shape index (κ3) is 1.69. The molecule has 1 fully saturated rings. The molecule has 2 aromatic rings. The minimum atomic E-state index is -0.196. The lowest BCUT2D eigenvalue weighted by molar-refractivity contribution is 0.489. The maximum Gasteiger partial charge on any atom is 0.125 e. The molecule has 3 nitrogen and oxygen atoms in total. The lowest BCUT2D eigenvalue weighted by Gasteiger charge is -2.09. The van der Waals surface area contributed by atoms with Gasteiger partial charge in [-0.3, -0.25) is 0 Å². The van der Waals surface area contributed by atoms with Crippen LogP contribution in [-0.2, 0) is 6.54 Å². The highest BCUT2D eigenvalue weighted by Crippen LogP contribution is 2.18. The van der Waals surface area contributed by atoms with Gasteiger partial charge >= 0.3 is 0 Å².